The van der Waals surface area contributed by atoms with Crippen molar-refractivity contribution < 1.29 is 4.74 Å². The van der Waals surface area contributed by atoms with Crippen LogP contribution in [0.4, 0.5) is 0 Å². The Morgan fingerprint density at radius 3 is 2.80 bits per heavy atom. The quantitative estimate of drug-likeness (QED) is 0.452. The Labute approximate surface area is 72.6 Å². The maximum absolute atomic E-state index is 5.60. The molecule has 0 spiro atoms. The average molecular weight is 170 g/mol. The van der Waals surface area contributed by atoms with Gasteiger partial charge in [0.05, 0.1) is 7.11 Å². The molecule has 0 aromatic carbocycles. The third-order valence-corrected chi connectivity index (χ3v) is 1.70. The van der Waals surface area contributed by atoms with Crippen molar-refractivity contribution in [1.82, 2.24) is 4.98 Å². The van der Waals surface area contributed by atoms with Crippen LogP contribution in [0.2, 0.25) is 5.15 Å². The number of methoxy groups -OCH3 is 1. The first kappa shape index (κ1) is 7.87. The molecule has 1 heterocycles. The molecule has 1 aromatic rings. The van der Waals surface area contributed by atoms with Crippen molar-refractivity contribution in [2.75, 3.05) is 7.11 Å². The fourth-order valence-electron chi connectivity index (χ4n) is 0.592. The van der Waals surface area contributed by atoms with Crippen LogP contribution in [-0.4, -0.2) is 28.4 Å². The lowest BCUT2D eigenvalue weighted by Crippen LogP contribution is -2.08. The Bertz CT molecular complexity index is 241. The lowest BCUT2D eigenvalue weighted by molar-refractivity contribution is 0.401. The third kappa shape index (κ3) is 1.63. The largest absolute Gasteiger partial charge is 0.482 e. The van der Waals surface area contributed by atoms with Crippen LogP contribution in [-0.2, 0) is 0 Å². The fourth-order valence-corrected chi connectivity index (χ4v) is 1.01. The van der Waals surface area contributed by atoms with Crippen LogP contribution in [0.1, 0.15) is 0 Å². The Morgan fingerprint density at radius 1 is 1.60 bits per heavy atom. The molecule has 1 aromatic heterocycles. The van der Waals surface area contributed by atoms with E-state index in [2.05, 4.69) is 21.3 Å². The van der Waals surface area contributed by atoms with Gasteiger partial charge in [0.15, 0.2) is 22.2 Å². The van der Waals surface area contributed by atoms with Crippen LogP contribution in [0.15, 0.2) is 12.1 Å². The van der Waals surface area contributed by atoms with Gasteiger partial charge in [0.2, 0.25) is 0 Å². The summed E-state index contributed by atoms with van der Waals surface area (Å²) in [6.07, 6.45) is 0. The van der Waals surface area contributed by atoms with E-state index < -0.39 is 0 Å². The first-order valence-electron chi connectivity index (χ1n) is 2.70. The Kier molecular flexibility index (Phi) is 2.56. The molecule has 0 N–H and O–H groups in total. The molecule has 0 atom stereocenters. The van der Waals surface area contributed by atoms with Gasteiger partial charge in [-0.15, -0.1) is 0 Å². The van der Waals surface area contributed by atoms with Gasteiger partial charge in [0.25, 0.3) is 0 Å². The molecule has 2 radical (unpaired) electrons. The smallest absolute Gasteiger partial charge is 0.198 e. The third-order valence-electron chi connectivity index (χ3n) is 1.05. The Morgan fingerprint density at radius 2 is 2.30 bits per heavy atom. The summed E-state index contributed by atoms with van der Waals surface area (Å²) in [7, 11) is 1.56. The monoisotopic (exact) mass is 169 g/mol. The predicted molar refractivity (Wildman–Crippen MR) is 41.2 cm³/mol. The number of halogens is 1. The number of pyridine rings is 1. The molecule has 0 aliphatic rings. The SMILES string of the molecule is COc1nc(Cl)cc[c]1[Al]. The second kappa shape index (κ2) is 3.25. The zero-order valence-corrected chi connectivity index (χ0v) is 7.38. The summed E-state index contributed by atoms with van der Waals surface area (Å²) >= 11 is 8.10. The number of aromatic nitrogens is 1. The van der Waals surface area contributed by atoms with Crippen LogP contribution in [0, 0.1) is 0 Å². The van der Waals surface area contributed by atoms with E-state index in [1.807, 2.05) is 6.07 Å². The first-order valence-corrected chi connectivity index (χ1v) is 3.65. The molecule has 50 valence electrons. The van der Waals surface area contributed by atoms with E-state index in [0.717, 1.165) is 4.43 Å². The number of hydrogen-bond acceptors (Lipinski definition) is 2. The summed E-state index contributed by atoms with van der Waals surface area (Å²) < 4.78 is 5.82. The molecule has 1 rings (SSSR count). The molecule has 0 saturated heterocycles. The van der Waals surface area contributed by atoms with Crippen LogP contribution in [0.25, 0.3) is 0 Å². The summed E-state index contributed by atoms with van der Waals surface area (Å²) in [5, 5.41) is 0.447. The van der Waals surface area contributed by atoms with Gasteiger partial charge in [0, 0.05) is 0 Å². The summed E-state index contributed by atoms with van der Waals surface area (Å²) in [6, 6.07) is 3.55. The van der Waals surface area contributed by atoms with Crippen molar-refractivity contribution >= 4 is 32.3 Å². The van der Waals surface area contributed by atoms with E-state index >= 15 is 0 Å². The zero-order valence-electron chi connectivity index (χ0n) is 5.47. The summed E-state index contributed by atoms with van der Waals surface area (Å²) in [5.41, 5.74) is 0. The molecular weight excluding hydrogens is 165 g/mol. The second-order valence-corrected chi connectivity index (χ2v) is 2.74. The van der Waals surface area contributed by atoms with Gasteiger partial charge >= 0.3 is 0 Å². The molecule has 0 bridgehead atoms. The molecule has 10 heavy (non-hydrogen) atoms. The zero-order chi connectivity index (χ0) is 7.56. The maximum Gasteiger partial charge on any atom is 0.198 e. The molecule has 2 nitrogen and oxygen atoms in total. The van der Waals surface area contributed by atoms with Crippen LogP contribution in [0.3, 0.4) is 0 Å². The standard InChI is InChI=1S/C6H5ClNO.Al/c1-9-6-4-2-3-5(7)8-6;/h2-3H,1H3;. The second-order valence-electron chi connectivity index (χ2n) is 1.73. The molecule has 0 aliphatic heterocycles. The van der Waals surface area contributed by atoms with E-state index in [4.69, 9.17) is 16.3 Å². The predicted octanol–water partition coefficient (Wildman–Crippen LogP) is 0.537. The molecule has 0 aliphatic carbocycles. The highest BCUT2D eigenvalue weighted by Gasteiger charge is 1.96. The van der Waals surface area contributed by atoms with Gasteiger partial charge in [-0.3, -0.25) is 0 Å². The van der Waals surface area contributed by atoms with E-state index in [1.165, 1.54) is 0 Å². The van der Waals surface area contributed by atoms with E-state index in [-0.39, 0.29) is 0 Å². The van der Waals surface area contributed by atoms with Crippen LogP contribution in [0.5, 0.6) is 5.88 Å². The van der Waals surface area contributed by atoms with Crippen molar-refractivity contribution in [3.63, 3.8) is 0 Å². The average Bonchev–Trinajstić information content (AvgIpc) is 1.94. The van der Waals surface area contributed by atoms with E-state index in [0.29, 0.717) is 11.0 Å². The maximum atomic E-state index is 5.60. The Balaban J connectivity index is 3.09. The van der Waals surface area contributed by atoms with Crippen molar-refractivity contribution in [2.45, 2.75) is 0 Å². The van der Waals surface area contributed by atoms with Crippen molar-refractivity contribution in [3.05, 3.63) is 17.3 Å². The van der Waals surface area contributed by atoms with E-state index in [9.17, 15) is 0 Å². The highest BCUT2D eigenvalue weighted by atomic mass is 35.5. The van der Waals surface area contributed by atoms with E-state index in [1.54, 1.807) is 13.2 Å². The normalized spacial score (nSPS) is 9.40. The van der Waals surface area contributed by atoms with Gasteiger partial charge in [0.1, 0.15) is 5.15 Å². The minimum Gasteiger partial charge on any atom is -0.482 e. The highest BCUT2D eigenvalue weighted by Crippen LogP contribution is 2.07. The van der Waals surface area contributed by atoms with Gasteiger partial charge in [-0.25, -0.2) is 4.98 Å². The van der Waals surface area contributed by atoms with Crippen LogP contribution < -0.4 is 9.16 Å². The highest BCUT2D eigenvalue weighted by molar-refractivity contribution is 6.35. The van der Waals surface area contributed by atoms with Gasteiger partial charge in [-0.2, -0.15) is 0 Å². The number of hydrogen-bond donors (Lipinski definition) is 0. The number of nitrogens with zero attached hydrogens (tertiary/aromatic N) is 1. The molecule has 0 unspecified atom stereocenters. The molecule has 0 saturated carbocycles. The number of rotatable bonds is 1. The lowest BCUT2D eigenvalue weighted by Gasteiger charge is -2.02. The molecule has 0 amide bonds. The molecule has 4 heteroatoms. The van der Waals surface area contributed by atoms with Gasteiger partial charge in [-0.1, -0.05) is 22.1 Å². The van der Waals surface area contributed by atoms with Crippen molar-refractivity contribution in [3.8, 4) is 5.88 Å². The molecule has 0 fully saturated rings. The lowest BCUT2D eigenvalue weighted by atomic mass is 10.5. The summed E-state index contributed by atoms with van der Waals surface area (Å²) in [6.45, 7) is 0. The first-order chi connectivity index (χ1) is 4.74. The minimum atomic E-state index is 0.447. The minimum absolute atomic E-state index is 0.447. The molecular formula is C6H5AlClNO. The van der Waals surface area contributed by atoms with Crippen LogP contribution >= 0.6 is 11.6 Å². The van der Waals surface area contributed by atoms with Crippen molar-refractivity contribution in [2.24, 2.45) is 0 Å². The summed E-state index contributed by atoms with van der Waals surface area (Å²) in [4.78, 5) is 3.91. The topological polar surface area (TPSA) is 22.1 Å². The summed E-state index contributed by atoms with van der Waals surface area (Å²) in [5.74, 6) is 0.553. The fraction of sp³-hybridized carbons (Fsp3) is 0.167. The van der Waals surface area contributed by atoms with Gasteiger partial charge in [-0.05, 0) is 6.07 Å². The number of ether oxygens (including phenoxy) is 1. The Hall–Kier alpha value is -0.228. The van der Waals surface area contributed by atoms with Gasteiger partial charge < -0.3 is 4.74 Å². The van der Waals surface area contributed by atoms with Crippen molar-refractivity contribution in [1.29, 1.82) is 0 Å².